The standard InChI is InChI=1S/C10H17NO2/c1-12-10-5-4-9(8-13-10)11-6-2-3-7-11/h8,10H,2-7H2,1H3. The average Bonchev–Trinajstić information content (AvgIpc) is 2.71. The van der Waals surface area contributed by atoms with Crippen LogP contribution in [-0.2, 0) is 9.47 Å². The first-order valence-electron chi connectivity index (χ1n) is 5.02. The highest BCUT2D eigenvalue weighted by molar-refractivity contribution is 5.01. The van der Waals surface area contributed by atoms with Gasteiger partial charge in [0.25, 0.3) is 0 Å². The number of nitrogens with zero attached hydrogens (tertiary/aromatic N) is 1. The molecule has 1 unspecified atom stereocenters. The highest BCUT2D eigenvalue weighted by Gasteiger charge is 2.20. The van der Waals surface area contributed by atoms with Crippen molar-refractivity contribution in [2.45, 2.75) is 32.0 Å². The van der Waals surface area contributed by atoms with Crippen molar-refractivity contribution in [3.05, 3.63) is 12.0 Å². The van der Waals surface area contributed by atoms with E-state index in [2.05, 4.69) is 4.90 Å². The van der Waals surface area contributed by atoms with E-state index in [0.717, 1.165) is 12.8 Å². The van der Waals surface area contributed by atoms with E-state index in [1.807, 2.05) is 6.26 Å². The van der Waals surface area contributed by atoms with Crippen LogP contribution in [0.3, 0.4) is 0 Å². The molecule has 1 fully saturated rings. The fraction of sp³-hybridized carbons (Fsp3) is 0.800. The Morgan fingerprint density at radius 1 is 1.46 bits per heavy atom. The molecule has 0 bridgehead atoms. The highest BCUT2D eigenvalue weighted by atomic mass is 16.7. The minimum atomic E-state index is -0.0219. The van der Waals surface area contributed by atoms with Gasteiger partial charge in [-0.15, -0.1) is 0 Å². The number of hydrogen-bond donors (Lipinski definition) is 0. The molecule has 13 heavy (non-hydrogen) atoms. The van der Waals surface area contributed by atoms with Crippen molar-refractivity contribution in [2.24, 2.45) is 0 Å². The maximum absolute atomic E-state index is 5.43. The zero-order valence-corrected chi connectivity index (χ0v) is 8.16. The molecule has 2 rings (SSSR count). The Bertz CT molecular complexity index is 197. The average molecular weight is 183 g/mol. The van der Waals surface area contributed by atoms with Gasteiger partial charge in [-0.3, -0.25) is 0 Å². The molecule has 0 radical (unpaired) electrons. The lowest BCUT2D eigenvalue weighted by Crippen LogP contribution is -2.25. The second kappa shape index (κ2) is 4.01. The number of hydrogen-bond acceptors (Lipinski definition) is 3. The van der Waals surface area contributed by atoms with E-state index in [1.54, 1.807) is 7.11 Å². The first-order chi connectivity index (χ1) is 6.40. The molecule has 0 spiro atoms. The Balaban J connectivity index is 1.90. The Labute approximate surface area is 79.3 Å². The van der Waals surface area contributed by atoms with Crippen molar-refractivity contribution in [3.63, 3.8) is 0 Å². The van der Waals surface area contributed by atoms with Gasteiger partial charge in [-0.1, -0.05) is 0 Å². The van der Waals surface area contributed by atoms with E-state index in [9.17, 15) is 0 Å². The van der Waals surface area contributed by atoms with Crippen molar-refractivity contribution < 1.29 is 9.47 Å². The van der Waals surface area contributed by atoms with E-state index in [4.69, 9.17) is 9.47 Å². The summed E-state index contributed by atoms with van der Waals surface area (Å²) in [5.74, 6) is 0. The molecule has 1 saturated heterocycles. The Morgan fingerprint density at radius 3 is 2.77 bits per heavy atom. The molecule has 3 nitrogen and oxygen atoms in total. The summed E-state index contributed by atoms with van der Waals surface area (Å²) in [6.07, 6.45) is 6.59. The molecule has 0 aliphatic carbocycles. The first kappa shape index (κ1) is 8.88. The molecular formula is C10H17NO2. The lowest BCUT2D eigenvalue weighted by molar-refractivity contribution is -0.0968. The van der Waals surface area contributed by atoms with Crippen LogP contribution in [0, 0.1) is 0 Å². The zero-order valence-electron chi connectivity index (χ0n) is 8.16. The fourth-order valence-electron chi connectivity index (χ4n) is 1.96. The van der Waals surface area contributed by atoms with Crippen LogP contribution >= 0.6 is 0 Å². The Morgan fingerprint density at radius 2 is 2.23 bits per heavy atom. The molecule has 0 saturated carbocycles. The molecule has 0 N–H and O–H groups in total. The maximum Gasteiger partial charge on any atom is 0.199 e. The van der Waals surface area contributed by atoms with Gasteiger partial charge in [0.1, 0.15) is 6.26 Å². The van der Waals surface area contributed by atoms with Crippen molar-refractivity contribution in [2.75, 3.05) is 20.2 Å². The summed E-state index contributed by atoms with van der Waals surface area (Å²) >= 11 is 0. The molecule has 0 aromatic heterocycles. The van der Waals surface area contributed by atoms with E-state index < -0.39 is 0 Å². The van der Waals surface area contributed by atoms with Gasteiger partial charge in [-0.05, 0) is 19.3 Å². The lowest BCUT2D eigenvalue weighted by Gasteiger charge is -2.27. The lowest BCUT2D eigenvalue weighted by atomic mass is 10.2. The third-order valence-electron chi connectivity index (χ3n) is 2.77. The monoisotopic (exact) mass is 183 g/mol. The van der Waals surface area contributed by atoms with Crippen LogP contribution in [0.1, 0.15) is 25.7 Å². The molecule has 0 amide bonds. The predicted octanol–water partition coefficient (Wildman–Crippen LogP) is 1.71. The Hall–Kier alpha value is -0.700. The molecule has 2 aliphatic rings. The molecule has 0 aromatic rings. The van der Waals surface area contributed by atoms with Crippen LogP contribution in [0.5, 0.6) is 0 Å². The normalized spacial score (nSPS) is 28.5. The summed E-state index contributed by atoms with van der Waals surface area (Å²) in [4.78, 5) is 2.42. The maximum atomic E-state index is 5.43. The fourth-order valence-corrected chi connectivity index (χ4v) is 1.96. The van der Waals surface area contributed by atoms with Crippen molar-refractivity contribution >= 4 is 0 Å². The van der Waals surface area contributed by atoms with E-state index in [1.165, 1.54) is 31.6 Å². The summed E-state index contributed by atoms with van der Waals surface area (Å²) in [6.45, 7) is 2.40. The smallest absolute Gasteiger partial charge is 0.199 e. The summed E-state index contributed by atoms with van der Waals surface area (Å²) in [6, 6.07) is 0. The SMILES string of the molecule is COC1CCC(N2CCCC2)=CO1. The summed E-state index contributed by atoms with van der Waals surface area (Å²) in [5.41, 5.74) is 1.35. The summed E-state index contributed by atoms with van der Waals surface area (Å²) < 4.78 is 10.5. The quantitative estimate of drug-likeness (QED) is 0.650. The number of likely N-dealkylation sites (tertiary alicyclic amines) is 1. The second-order valence-corrected chi connectivity index (χ2v) is 3.64. The third kappa shape index (κ3) is 1.97. The number of ether oxygens (including phenoxy) is 2. The number of methoxy groups -OCH3 is 1. The van der Waals surface area contributed by atoms with E-state index in [-0.39, 0.29) is 6.29 Å². The number of rotatable bonds is 2. The molecule has 74 valence electrons. The third-order valence-corrected chi connectivity index (χ3v) is 2.77. The molecule has 0 aromatic carbocycles. The molecule has 3 heteroatoms. The predicted molar refractivity (Wildman–Crippen MR) is 50.0 cm³/mol. The van der Waals surface area contributed by atoms with Crippen molar-refractivity contribution in [1.29, 1.82) is 0 Å². The molecular weight excluding hydrogens is 166 g/mol. The second-order valence-electron chi connectivity index (χ2n) is 3.64. The minimum absolute atomic E-state index is 0.0219. The van der Waals surface area contributed by atoms with Crippen LogP contribution in [0.15, 0.2) is 12.0 Å². The van der Waals surface area contributed by atoms with Crippen LogP contribution in [0.2, 0.25) is 0 Å². The van der Waals surface area contributed by atoms with Gasteiger partial charge in [0.2, 0.25) is 0 Å². The van der Waals surface area contributed by atoms with Gasteiger partial charge in [0.05, 0.1) is 0 Å². The van der Waals surface area contributed by atoms with Gasteiger partial charge in [-0.2, -0.15) is 0 Å². The molecule has 1 atom stereocenters. The van der Waals surface area contributed by atoms with Crippen LogP contribution < -0.4 is 0 Å². The minimum Gasteiger partial charge on any atom is -0.471 e. The van der Waals surface area contributed by atoms with Gasteiger partial charge < -0.3 is 14.4 Å². The van der Waals surface area contributed by atoms with Crippen LogP contribution in [0.25, 0.3) is 0 Å². The van der Waals surface area contributed by atoms with E-state index >= 15 is 0 Å². The number of allylic oxidation sites excluding steroid dienone is 1. The highest BCUT2D eigenvalue weighted by Crippen LogP contribution is 2.24. The van der Waals surface area contributed by atoms with Crippen molar-refractivity contribution in [1.82, 2.24) is 4.90 Å². The van der Waals surface area contributed by atoms with Gasteiger partial charge in [0, 0.05) is 32.3 Å². The summed E-state index contributed by atoms with van der Waals surface area (Å²) in [7, 11) is 1.69. The zero-order chi connectivity index (χ0) is 9.10. The van der Waals surface area contributed by atoms with Gasteiger partial charge in [0.15, 0.2) is 6.29 Å². The van der Waals surface area contributed by atoms with Gasteiger partial charge in [-0.25, -0.2) is 0 Å². The van der Waals surface area contributed by atoms with Crippen LogP contribution in [-0.4, -0.2) is 31.4 Å². The summed E-state index contributed by atoms with van der Waals surface area (Å²) in [5, 5.41) is 0. The largest absolute Gasteiger partial charge is 0.471 e. The first-order valence-corrected chi connectivity index (χ1v) is 5.02. The van der Waals surface area contributed by atoms with Gasteiger partial charge >= 0.3 is 0 Å². The van der Waals surface area contributed by atoms with Crippen molar-refractivity contribution in [3.8, 4) is 0 Å². The van der Waals surface area contributed by atoms with Crippen LogP contribution in [0.4, 0.5) is 0 Å². The Kier molecular flexibility index (Phi) is 2.74. The molecule has 2 aliphatic heterocycles. The van der Waals surface area contributed by atoms with E-state index in [0.29, 0.717) is 0 Å². The molecule has 2 heterocycles. The topological polar surface area (TPSA) is 21.7 Å².